The molecule has 0 N–H and O–H groups in total. The molecular weight excluding hydrogens is 283 g/mol. The Bertz CT molecular complexity index is 513. The van der Waals surface area contributed by atoms with Gasteiger partial charge in [-0.3, -0.25) is 4.90 Å². The summed E-state index contributed by atoms with van der Waals surface area (Å²) in [5.41, 5.74) is 3.49. The zero-order valence-electron chi connectivity index (χ0n) is 10.8. The monoisotopic (exact) mass is 300 g/mol. The van der Waals surface area contributed by atoms with Crippen LogP contribution in [-0.4, -0.2) is 33.0 Å². The first-order valence-corrected chi connectivity index (χ1v) is 6.09. The SMILES string of the molecule is CCN1CCc2c(nnn2-c2ccccc2)C1.Cl.Cl. The standard InChI is InChI=1S/C13H16N4.2ClH/c1-2-16-9-8-13-12(10-16)14-15-17(13)11-6-4-3-5-7-11;;/h3-7H,2,8-10H2,1H3;2*1H. The average Bonchev–Trinajstić information content (AvgIpc) is 2.82. The van der Waals surface area contributed by atoms with E-state index < -0.39 is 0 Å². The lowest BCUT2D eigenvalue weighted by Gasteiger charge is -2.24. The number of nitrogens with zero attached hydrogens (tertiary/aromatic N) is 4. The zero-order chi connectivity index (χ0) is 11.7. The molecule has 6 heteroatoms. The lowest BCUT2D eigenvalue weighted by molar-refractivity contribution is 0.263. The Kier molecular flexibility index (Phi) is 5.79. The molecule has 19 heavy (non-hydrogen) atoms. The molecule has 0 atom stereocenters. The lowest BCUT2D eigenvalue weighted by Crippen LogP contribution is -2.30. The summed E-state index contributed by atoms with van der Waals surface area (Å²) in [6.45, 7) is 5.30. The summed E-state index contributed by atoms with van der Waals surface area (Å²) in [6, 6.07) is 10.2. The van der Waals surface area contributed by atoms with Crippen LogP contribution in [0.4, 0.5) is 0 Å². The van der Waals surface area contributed by atoms with Crippen LogP contribution in [0.3, 0.4) is 0 Å². The van der Waals surface area contributed by atoms with Crippen molar-refractivity contribution in [1.82, 2.24) is 19.9 Å². The minimum absolute atomic E-state index is 0. The molecule has 0 saturated heterocycles. The van der Waals surface area contributed by atoms with Gasteiger partial charge in [0.05, 0.1) is 11.4 Å². The second-order valence-electron chi connectivity index (χ2n) is 4.35. The first-order valence-electron chi connectivity index (χ1n) is 6.09. The van der Waals surface area contributed by atoms with Crippen molar-refractivity contribution in [3.63, 3.8) is 0 Å². The van der Waals surface area contributed by atoms with Gasteiger partial charge in [0.1, 0.15) is 5.69 Å². The minimum Gasteiger partial charge on any atom is -0.297 e. The number of likely N-dealkylation sites (N-methyl/N-ethyl adjacent to an activating group) is 1. The lowest BCUT2D eigenvalue weighted by atomic mass is 10.1. The van der Waals surface area contributed by atoms with Gasteiger partial charge in [-0.15, -0.1) is 29.9 Å². The third-order valence-electron chi connectivity index (χ3n) is 3.33. The van der Waals surface area contributed by atoms with Crippen molar-refractivity contribution in [2.24, 2.45) is 0 Å². The fraction of sp³-hybridized carbons (Fsp3) is 0.385. The third-order valence-corrected chi connectivity index (χ3v) is 3.33. The normalized spacial score (nSPS) is 14.2. The second kappa shape index (κ2) is 6.89. The predicted molar refractivity (Wildman–Crippen MR) is 80.5 cm³/mol. The number of aromatic nitrogens is 3. The number of hydrogen-bond acceptors (Lipinski definition) is 3. The molecule has 0 saturated carbocycles. The zero-order valence-corrected chi connectivity index (χ0v) is 12.5. The number of hydrogen-bond donors (Lipinski definition) is 0. The molecule has 0 spiro atoms. The van der Waals surface area contributed by atoms with Crippen LogP contribution in [0.2, 0.25) is 0 Å². The largest absolute Gasteiger partial charge is 0.297 e. The summed E-state index contributed by atoms with van der Waals surface area (Å²) < 4.78 is 1.97. The summed E-state index contributed by atoms with van der Waals surface area (Å²) in [5, 5.41) is 8.58. The summed E-state index contributed by atoms with van der Waals surface area (Å²) in [7, 11) is 0. The van der Waals surface area contributed by atoms with E-state index in [-0.39, 0.29) is 24.8 Å². The highest BCUT2D eigenvalue weighted by molar-refractivity contribution is 5.85. The van der Waals surface area contributed by atoms with Gasteiger partial charge in [-0.25, -0.2) is 4.68 Å². The van der Waals surface area contributed by atoms with Crippen molar-refractivity contribution in [3.05, 3.63) is 41.7 Å². The van der Waals surface area contributed by atoms with Crippen molar-refractivity contribution < 1.29 is 0 Å². The third kappa shape index (κ3) is 3.08. The minimum atomic E-state index is 0. The van der Waals surface area contributed by atoms with E-state index in [2.05, 4.69) is 34.3 Å². The second-order valence-corrected chi connectivity index (χ2v) is 4.35. The Labute approximate surface area is 125 Å². The van der Waals surface area contributed by atoms with Crippen LogP contribution in [0.15, 0.2) is 30.3 Å². The summed E-state index contributed by atoms with van der Waals surface area (Å²) >= 11 is 0. The highest BCUT2D eigenvalue weighted by Crippen LogP contribution is 2.19. The van der Waals surface area contributed by atoms with E-state index in [0.29, 0.717) is 0 Å². The number of para-hydroxylation sites is 1. The van der Waals surface area contributed by atoms with Gasteiger partial charge in [0, 0.05) is 19.5 Å². The first-order chi connectivity index (χ1) is 8.38. The molecule has 3 rings (SSSR count). The molecule has 104 valence electrons. The van der Waals surface area contributed by atoms with Crippen molar-refractivity contribution >= 4 is 24.8 Å². The molecule has 1 aliphatic heterocycles. The van der Waals surface area contributed by atoms with Gasteiger partial charge in [-0.2, -0.15) is 0 Å². The van der Waals surface area contributed by atoms with Crippen LogP contribution in [0, 0.1) is 0 Å². The molecule has 4 nitrogen and oxygen atoms in total. The maximum absolute atomic E-state index is 4.30. The summed E-state index contributed by atoms with van der Waals surface area (Å²) in [4.78, 5) is 2.40. The highest BCUT2D eigenvalue weighted by Gasteiger charge is 2.21. The van der Waals surface area contributed by atoms with Gasteiger partial charge in [0.15, 0.2) is 0 Å². The van der Waals surface area contributed by atoms with Crippen LogP contribution < -0.4 is 0 Å². The van der Waals surface area contributed by atoms with Gasteiger partial charge in [-0.1, -0.05) is 30.3 Å². The van der Waals surface area contributed by atoms with E-state index in [9.17, 15) is 0 Å². The average molecular weight is 301 g/mol. The molecule has 0 unspecified atom stereocenters. The molecule has 1 aliphatic rings. The molecule has 1 aromatic heterocycles. The summed E-state index contributed by atoms with van der Waals surface area (Å²) in [5.74, 6) is 0. The Morgan fingerprint density at radius 1 is 1.16 bits per heavy atom. The Morgan fingerprint density at radius 2 is 1.89 bits per heavy atom. The topological polar surface area (TPSA) is 34.0 Å². The number of rotatable bonds is 2. The van der Waals surface area contributed by atoms with E-state index in [1.807, 2.05) is 22.9 Å². The number of benzene rings is 1. The van der Waals surface area contributed by atoms with Crippen LogP contribution in [0.25, 0.3) is 5.69 Å². The number of fused-ring (bicyclic) bond motifs is 1. The van der Waals surface area contributed by atoms with E-state index in [1.54, 1.807) is 0 Å². The summed E-state index contributed by atoms with van der Waals surface area (Å²) in [6.07, 6.45) is 1.03. The molecule has 0 radical (unpaired) electrons. The predicted octanol–water partition coefficient (Wildman–Crippen LogP) is 2.49. The van der Waals surface area contributed by atoms with Gasteiger partial charge >= 0.3 is 0 Å². The maximum atomic E-state index is 4.30. The van der Waals surface area contributed by atoms with Crippen molar-refractivity contribution in [2.45, 2.75) is 19.9 Å². The Balaban J connectivity index is 0.000000902. The molecule has 1 aromatic carbocycles. The van der Waals surface area contributed by atoms with Gasteiger partial charge in [-0.05, 0) is 18.7 Å². The fourth-order valence-corrected chi connectivity index (χ4v) is 2.31. The fourth-order valence-electron chi connectivity index (χ4n) is 2.31. The van der Waals surface area contributed by atoms with Gasteiger partial charge < -0.3 is 0 Å². The molecule has 2 heterocycles. The van der Waals surface area contributed by atoms with Gasteiger partial charge in [0.2, 0.25) is 0 Å². The van der Waals surface area contributed by atoms with Crippen LogP contribution in [0.5, 0.6) is 0 Å². The van der Waals surface area contributed by atoms with E-state index >= 15 is 0 Å². The molecule has 0 amide bonds. The molecule has 2 aromatic rings. The highest BCUT2D eigenvalue weighted by atomic mass is 35.5. The quantitative estimate of drug-likeness (QED) is 0.854. The molecule has 0 fully saturated rings. The molecule has 0 bridgehead atoms. The Morgan fingerprint density at radius 3 is 2.58 bits per heavy atom. The van der Waals surface area contributed by atoms with Crippen LogP contribution in [-0.2, 0) is 13.0 Å². The van der Waals surface area contributed by atoms with Crippen LogP contribution >= 0.6 is 24.8 Å². The Hall–Kier alpha value is -1.10. The molecular formula is C13H18Cl2N4. The maximum Gasteiger partial charge on any atom is 0.100 e. The van der Waals surface area contributed by atoms with Gasteiger partial charge in [0.25, 0.3) is 0 Å². The van der Waals surface area contributed by atoms with Crippen molar-refractivity contribution in [1.29, 1.82) is 0 Å². The number of halogens is 2. The first kappa shape index (κ1) is 16.0. The smallest absolute Gasteiger partial charge is 0.100 e. The van der Waals surface area contributed by atoms with E-state index in [0.717, 1.165) is 37.4 Å². The van der Waals surface area contributed by atoms with Crippen LogP contribution in [0.1, 0.15) is 18.3 Å². The van der Waals surface area contributed by atoms with E-state index in [4.69, 9.17) is 0 Å². The van der Waals surface area contributed by atoms with E-state index in [1.165, 1.54) is 5.69 Å². The molecule has 0 aliphatic carbocycles. The van der Waals surface area contributed by atoms with Crippen molar-refractivity contribution in [2.75, 3.05) is 13.1 Å². The van der Waals surface area contributed by atoms with Crippen molar-refractivity contribution in [3.8, 4) is 5.69 Å².